The Hall–Kier alpha value is -2.55. The van der Waals surface area contributed by atoms with Gasteiger partial charge in [-0.25, -0.2) is 9.59 Å². The van der Waals surface area contributed by atoms with Gasteiger partial charge in [0.1, 0.15) is 0 Å². The normalized spacial score (nSPS) is 11.5. The smallest absolute Gasteiger partial charge is 0.746 e. The number of phosphoric ester groups is 2. The average Bonchev–Trinajstić information content (AvgIpc) is 2.55. The number of rotatable bonds is 2. The van der Waals surface area contributed by atoms with E-state index in [1.54, 1.807) is 0 Å². The van der Waals surface area contributed by atoms with Crippen molar-refractivity contribution in [3.63, 3.8) is 0 Å². The summed E-state index contributed by atoms with van der Waals surface area (Å²) in [5.41, 5.74) is 30.8. The minimum absolute atomic E-state index is 0. The molecule has 0 fully saturated rings. The quantitative estimate of drug-likeness (QED) is 0.104. The Morgan fingerprint density at radius 1 is 0.575 bits per heavy atom. The number of phosphoric acid groups is 2. The molecule has 216 valence electrons. The molecule has 0 aliphatic rings. The molecule has 40 heavy (non-hydrogen) atoms. The number of nitrogens with two attached hydrogens (primary N) is 6. The van der Waals surface area contributed by atoms with Crippen molar-refractivity contribution in [3.05, 3.63) is 0 Å². The third-order valence-corrected chi connectivity index (χ3v) is 2.54. The van der Waals surface area contributed by atoms with E-state index in [9.17, 15) is 28.5 Å². The Labute approximate surface area is 279 Å². The number of anilines is 6. The zero-order valence-corrected chi connectivity index (χ0v) is 25.4. The van der Waals surface area contributed by atoms with E-state index in [2.05, 4.69) is 39.0 Å². The molecule has 2 atom stereocenters. The summed E-state index contributed by atoms with van der Waals surface area (Å²) < 4.78 is 24.7. The van der Waals surface area contributed by atoms with Gasteiger partial charge in [0.2, 0.25) is 35.7 Å². The predicted octanol–water partition coefficient (Wildman–Crippen LogP) is -7.69. The van der Waals surface area contributed by atoms with Crippen molar-refractivity contribution < 1.29 is 72.6 Å². The molecule has 0 saturated carbocycles. The number of carbonyl (C=O) groups excluding carboxylic acids is 1. The first-order valence-corrected chi connectivity index (χ1v) is 10.8. The van der Waals surface area contributed by atoms with Gasteiger partial charge in [-0.05, 0) is 6.16 Å². The van der Waals surface area contributed by atoms with E-state index in [1.807, 2.05) is 0 Å². The summed E-state index contributed by atoms with van der Waals surface area (Å²) in [6, 6.07) is 0. The molecule has 0 aliphatic heterocycles. The Bertz CT molecular complexity index is 979. The van der Waals surface area contributed by atoms with Crippen LogP contribution in [0, 0.1) is 0 Å². The monoisotopic (exact) mass is 674 g/mol. The number of nitrogens with zero attached hydrogens (tertiary/aromatic N) is 6. The molecule has 31 heteroatoms. The van der Waals surface area contributed by atoms with Gasteiger partial charge in [0.05, 0.1) is 0 Å². The van der Waals surface area contributed by atoms with Crippen molar-refractivity contribution in [1.82, 2.24) is 29.9 Å². The molecule has 2 unspecified atom stereocenters. The molecule has 16 N–H and O–H groups in total. The molecule has 0 aromatic carbocycles. The Morgan fingerprint density at radius 2 is 0.700 bits per heavy atom. The minimum Gasteiger partial charge on any atom is -0.746 e. The molecule has 2 rings (SSSR count). The molecule has 0 aliphatic carbocycles. The Morgan fingerprint density at radius 3 is 0.750 bits per heavy atom. The maximum atomic E-state index is 9.42. The standard InChI is InChI=1S/2C3H6N6.2CH3O6P.CH2O3.2Ca/c2*4-1-7-2(5)9-3(6)8-1;2*2-1(3)7-8(4,5)6;2-1(3)4;;/h2*(H6,4,5,6,7,8,9);2*(H,2,3)(H2,4,5,6);(H2,2,3,4);;/q;;;;;2*+2/p-4. The van der Waals surface area contributed by atoms with Gasteiger partial charge in [-0.3, -0.25) is 9.13 Å². The molecule has 0 saturated heterocycles. The second-order valence-electron chi connectivity index (χ2n) is 4.72. The molecular formula is C9H16Ca2N12O15P2. The van der Waals surface area contributed by atoms with Crippen molar-refractivity contribution in [1.29, 1.82) is 0 Å². The van der Waals surface area contributed by atoms with Crippen LogP contribution < -0.4 is 54.4 Å². The molecule has 2 aromatic rings. The van der Waals surface area contributed by atoms with E-state index in [0.717, 1.165) is 0 Å². The largest absolute Gasteiger partial charge is 2.00 e. The van der Waals surface area contributed by atoms with E-state index in [0.29, 0.717) is 0 Å². The summed E-state index contributed by atoms with van der Waals surface area (Å²) >= 11 is 0. The fourth-order valence-electron chi connectivity index (χ4n) is 1.05. The van der Waals surface area contributed by atoms with Crippen LogP contribution in [-0.2, 0) is 18.2 Å². The number of carboxylic acid groups (broad SMARTS) is 4. The van der Waals surface area contributed by atoms with Crippen molar-refractivity contribution in [2.75, 3.05) is 34.4 Å². The van der Waals surface area contributed by atoms with Crippen molar-refractivity contribution in [2.24, 2.45) is 0 Å². The van der Waals surface area contributed by atoms with Crippen LogP contribution in [0.25, 0.3) is 0 Å². The molecule has 0 spiro atoms. The van der Waals surface area contributed by atoms with Gasteiger partial charge in [-0.15, -0.1) is 0 Å². The van der Waals surface area contributed by atoms with Gasteiger partial charge >= 0.3 is 103 Å². The zero-order chi connectivity index (χ0) is 30.9. The summed E-state index contributed by atoms with van der Waals surface area (Å²) in [7, 11) is -10.1. The third-order valence-electron chi connectivity index (χ3n) is 1.76. The maximum absolute atomic E-state index is 9.42. The van der Waals surface area contributed by atoms with Crippen molar-refractivity contribution in [2.45, 2.75) is 0 Å². The number of hydrogen-bond donors (Lipinski definition) is 10. The van der Waals surface area contributed by atoms with Crippen LogP contribution in [0.1, 0.15) is 0 Å². The van der Waals surface area contributed by atoms with Gasteiger partial charge < -0.3 is 88.2 Å². The third kappa shape index (κ3) is 42.5. The molecule has 0 bridgehead atoms. The first-order valence-electron chi connectivity index (χ1n) is 7.79. The van der Waals surface area contributed by atoms with Crippen LogP contribution in [-0.4, -0.2) is 144 Å². The van der Waals surface area contributed by atoms with Gasteiger partial charge in [-0.2, -0.15) is 29.9 Å². The van der Waals surface area contributed by atoms with Gasteiger partial charge in [-0.1, -0.05) is 0 Å². The molecule has 0 amide bonds. The fourth-order valence-corrected chi connectivity index (χ4v) is 1.45. The summed E-state index contributed by atoms with van der Waals surface area (Å²) in [5.74, 6) is 0.250. The van der Waals surface area contributed by atoms with Crippen LogP contribution in [0.4, 0.5) is 50.1 Å². The van der Waals surface area contributed by atoms with E-state index >= 15 is 0 Å². The summed E-state index contributed by atoms with van der Waals surface area (Å²) in [4.78, 5) is 81.8. The Kier molecular flexibility index (Phi) is 27.4. The average molecular weight is 674 g/mol. The van der Waals surface area contributed by atoms with Crippen LogP contribution >= 0.6 is 15.6 Å². The van der Waals surface area contributed by atoms with Gasteiger partial charge in [0, 0.05) is 0 Å². The maximum Gasteiger partial charge on any atom is 2.00 e. The van der Waals surface area contributed by atoms with E-state index in [1.165, 1.54) is 0 Å². The van der Waals surface area contributed by atoms with Crippen molar-refractivity contribution in [3.8, 4) is 0 Å². The molecule has 0 radical (unpaired) electrons. The van der Waals surface area contributed by atoms with E-state index in [-0.39, 0.29) is 111 Å². The van der Waals surface area contributed by atoms with E-state index < -0.39 is 34.1 Å². The molecule has 2 aromatic heterocycles. The first-order chi connectivity index (χ1) is 16.9. The van der Waals surface area contributed by atoms with Crippen LogP contribution in [0.2, 0.25) is 0 Å². The van der Waals surface area contributed by atoms with Crippen LogP contribution in [0.5, 0.6) is 0 Å². The number of nitrogen functional groups attached to an aromatic ring is 6. The molecule has 2 heterocycles. The molecule has 27 nitrogen and oxygen atoms in total. The second-order valence-corrected chi connectivity index (χ2v) is 6.96. The first kappa shape index (κ1) is 47.3. The fraction of sp³-hybridized carbons (Fsp3) is 0. The van der Waals surface area contributed by atoms with E-state index in [4.69, 9.17) is 69.4 Å². The number of aromatic nitrogens is 6. The summed E-state index contributed by atoms with van der Waals surface area (Å²) in [6.45, 7) is 0. The Balaban J connectivity index is -0.000000129. The van der Waals surface area contributed by atoms with Gasteiger partial charge in [0.15, 0.2) is 0 Å². The zero-order valence-electron chi connectivity index (χ0n) is 19.2. The molecular weight excluding hydrogens is 658 g/mol. The topological polar surface area (TPSA) is 510 Å². The van der Waals surface area contributed by atoms with Crippen LogP contribution in [0.15, 0.2) is 0 Å². The number of carbonyl (C=O) groups is 3. The summed E-state index contributed by atoms with van der Waals surface area (Å²) in [6.07, 6.45) is -6.43. The second kappa shape index (κ2) is 23.2. The summed E-state index contributed by atoms with van der Waals surface area (Å²) in [5, 5.41) is 31.7. The van der Waals surface area contributed by atoms with Crippen LogP contribution in [0.3, 0.4) is 0 Å². The predicted molar refractivity (Wildman–Crippen MR) is 121 cm³/mol. The number of hydrogen-bond acceptors (Lipinski definition) is 23. The minimum atomic E-state index is -5.07. The van der Waals surface area contributed by atoms with Crippen molar-refractivity contribution >= 4 is 145 Å². The SMILES string of the molecule is Nc1nc(N)nc(N)n1.Nc1nc(N)nc(N)n1.O=C(O)OP(=O)([O-])O.O=C(O)OP(=O)([O-])O.O=C([O-])[O-].[Ca+2].[Ca+2]. The van der Waals surface area contributed by atoms with Gasteiger partial charge in [0.25, 0.3) is 0 Å².